The van der Waals surface area contributed by atoms with Gasteiger partial charge in [0.15, 0.2) is 0 Å². The van der Waals surface area contributed by atoms with Crippen LogP contribution in [0.25, 0.3) is 11.8 Å². The normalized spacial score (nSPS) is 12.3. The Hall–Kier alpha value is -3.29. The van der Waals surface area contributed by atoms with Gasteiger partial charge in [0, 0.05) is 22.1 Å². The minimum absolute atomic E-state index is 0.0702. The summed E-state index contributed by atoms with van der Waals surface area (Å²) in [6.45, 7) is 7.84. The molecule has 2 aromatic carbocycles. The molecule has 1 heterocycles. The summed E-state index contributed by atoms with van der Waals surface area (Å²) in [6, 6.07) is 19.3. The van der Waals surface area contributed by atoms with E-state index in [1.165, 1.54) is 0 Å². The third-order valence-electron chi connectivity index (χ3n) is 5.26. The highest BCUT2D eigenvalue weighted by Crippen LogP contribution is 2.28. The SMILES string of the molecule is Cc1c(Cl)cccc1-n1c(C)cc(/C=C(\C#N)C(=O)N[C@@H](C)c2ccccc2)c1C. The Balaban J connectivity index is 1.92. The molecule has 1 aromatic heterocycles. The van der Waals surface area contributed by atoms with Crippen molar-refractivity contribution in [1.29, 1.82) is 5.26 Å². The van der Waals surface area contributed by atoms with Crippen molar-refractivity contribution in [2.45, 2.75) is 33.7 Å². The first-order valence-electron chi connectivity index (χ1n) is 9.75. The van der Waals surface area contributed by atoms with Gasteiger partial charge in [-0.2, -0.15) is 5.26 Å². The summed E-state index contributed by atoms with van der Waals surface area (Å²) in [5, 5.41) is 13.2. The van der Waals surface area contributed by atoms with Crippen molar-refractivity contribution < 1.29 is 4.79 Å². The molecule has 0 aliphatic heterocycles. The topological polar surface area (TPSA) is 57.8 Å². The van der Waals surface area contributed by atoms with E-state index in [1.807, 2.05) is 88.4 Å². The minimum Gasteiger partial charge on any atom is -0.345 e. The largest absolute Gasteiger partial charge is 0.345 e. The van der Waals surface area contributed by atoms with Gasteiger partial charge in [-0.25, -0.2) is 0 Å². The number of amides is 1. The highest BCUT2D eigenvalue weighted by Gasteiger charge is 2.17. The standard InChI is InChI=1S/C25H24ClN3O/c1-16-13-21(19(4)29(16)24-12-8-11-23(26)17(24)2)14-22(15-27)25(30)28-18(3)20-9-6-5-7-10-20/h5-14,18H,1-4H3,(H,28,30)/b22-14+/t18-/m0/s1. The number of carbonyl (C=O) groups excluding carboxylic acids is 1. The molecule has 0 fully saturated rings. The number of rotatable bonds is 5. The zero-order valence-electron chi connectivity index (χ0n) is 17.5. The third-order valence-corrected chi connectivity index (χ3v) is 5.67. The summed E-state index contributed by atoms with van der Waals surface area (Å²) in [7, 11) is 0. The van der Waals surface area contributed by atoms with Crippen molar-refractivity contribution in [3.8, 4) is 11.8 Å². The summed E-state index contributed by atoms with van der Waals surface area (Å²) >= 11 is 6.30. The van der Waals surface area contributed by atoms with Crippen LogP contribution in [0, 0.1) is 32.1 Å². The molecule has 1 amide bonds. The molecule has 0 aliphatic carbocycles. The van der Waals surface area contributed by atoms with Crippen LogP contribution >= 0.6 is 11.6 Å². The van der Waals surface area contributed by atoms with Crippen LogP contribution in [0.15, 0.2) is 60.2 Å². The average Bonchev–Trinajstić information content (AvgIpc) is 3.01. The van der Waals surface area contributed by atoms with Crippen LogP contribution in [0.2, 0.25) is 5.02 Å². The lowest BCUT2D eigenvalue weighted by Crippen LogP contribution is -2.27. The van der Waals surface area contributed by atoms with E-state index in [1.54, 1.807) is 6.08 Å². The molecule has 1 atom stereocenters. The number of aromatic nitrogens is 1. The molecule has 1 N–H and O–H groups in total. The fourth-order valence-electron chi connectivity index (χ4n) is 3.55. The molecule has 0 spiro atoms. The lowest BCUT2D eigenvalue weighted by Gasteiger charge is -2.14. The van der Waals surface area contributed by atoms with E-state index in [-0.39, 0.29) is 11.6 Å². The second kappa shape index (κ2) is 9.02. The molecule has 3 aromatic rings. The van der Waals surface area contributed by atoms with Crippen molar-refractivity contribution in [3.05, 3.63) is 93.3 Å². The summed E-state index contributed by atoms with van der Waals surface area (Å²) in [5.41, 5.74) is 5.78. The molecule has 0 bridgehead atoms. The van der Waals surface area contributed by atoms with Crippen LogP contribution in [0.4, 0.5) is 0 Å². The van der Waals surface area contributed by atoms with Gasteiger partial charge in [-0.05, 0) is 68.7 Å². The first-order valence-corrected chi connectivity index (χ1v) is 10.1. The molecule has 4 nitrogen and oxygen atoms in total. The maximum atomic E-state index is 12.7. The highest BCUT2D eigenvalue weighted by atomic mass is 35.5. The Morgan fingerprint density at radius 3 is 2.50 bits per heavy atom. The van der Waals surface area contributed by atoms with Crippen molar-refractivity contribution in [2.75, 3.05) is 0 Å². The summed E-state index contributed by atoms with van der Waals surface area (Å²) in [6.07, 6.45) is 1.64. The number of nitrogens with zero attached hydrogens (tertiary/aromatic N) is 2. The van der Waals surface area contributed by atoms with Crippen LogP contribution in [0.5, 0.6) is 0 Å². The Labute approximate surface area is 182 Å². The fraction of sp³-hybridized carbons (Fsp3) is 0.200. The number of hydrogen-bond acceptors (Lipinski definition) is 2. The van der Waals surface area contributed by atoms with E-state index in [2.05, 4.69) is 9.88 Å². The number of hydrogen-bond donors (Lipinski definition) is 1. The fourth-order valence-corrected chi connectivity index (χ4v) is 3.72. The molecule has 30 heavy (non-hydrogen) atoms. The second-order valence-electron chi connectivity index (χ2n) is 7.32. The van der Waals surface area contributed by atoms with Crippen LogP contribution in [-0.2, 0) is 4.79 Å². The van der Waals surface area contributed by atoms with Gasteiger partial charge in [0.2, 0.25) is 0 Å². The Morgan fingerprint density at radius 1 is 1.13 bits per heavy atom. The summed E-state index contributed by atoms with van der Waals surface area (Å²) < 4.78 is 2.09. The van der Waals surface area contributed by atoms with Crippen LogP contribution in [0.3, 0.4) is 0 Å². The van der Waals surface area contributed by atoms with Gasteiger partial charge in [0.1, 0.15) is 11.6 Å². The summed E-state index contributed by atoms with van der Waals surface area (Å²) in [5.74, 6) is -0.391. The van der Waals surface area contributed by atoms with Crippen LogP contribution < -0.4 is 5.32 Å². The molecule has 0 unspecified atom stereocenters. The minimum atomic E-state index is -0.391. The van der Waals surface area contributed by atoms with E-state index in [0.29, 0.717) is 5.02 Å². The van der Waals surface area contributed by atoms with E-state index < -0.39 is 5.91 Å². The average molecular weight is 418 g/mol. The Kier molecular flexibility index (Phi) is 6.44. The van der Waals surface area contributed by atoms with E-state index in [4.69, 9.17) is 11.6 Å². The first-order chi connectivity index (χ1) is 14.3. The van der Waals surface area contributed by atoms with Gasteiger partial charge >= 0.3 is 0 Å². The monoisotopic (exact) mass is 417 g/mol. The Morgan fingerprint density at radius 2 is 1.83 bits per heavy atom. The molecular formula is C25H24ClN3O. The number of nitriles is 1. The van der Waals surface area contributed by atoms with Gasteiger partial charge in [0.25, 0.3) is 5.91 Å². The zero-order chi connectivity index (χ0) is 21.8. The molecule has 0 saturated heterocycles. The molecule has 0 aliphatic rings. The van der Waals surface area contributed by atoms with Gasteiger partial charge in [-0.3, -0.25) is 4.79 Å². The quantitative estimate of drug-likeness (QED) is 0.418. The Bertz CT molecular complexity index is 1150. The number of carbonyl (C=O) groups is 1. The molecule has 5 heteroatoms. The highest BCUT2D eigenvalue weighted by molar-refractivity contribution is 6.31. The van der Waals surface area contributed by atoms with Crippen LogP contribution in [-0.4, -0.2) is 10.5 Å². The van der Waals surface area contributed by atoms with Crippen molar-refractivity contribution in [2.24, 2.45) is 0 Å². The molecular weight excluding hydrogens is 394 g/mol. The lowest BCUT2D eigenvalue weighted by atomic mass is 10.1. The second-order valence-corrected chi connectivity index (χ2v) is 7.73. The van der Waals surface area contributed by atoms with Crippen molar-refractivity contribution >= 4 is 23.6 Å². The van der Waals surface area contributed by atoms with Gasteiger partial charge < -0.3 is 9.88 Å². The summed E-state index contributed by atoms with van der Waals surface area (Å²) in [4.78, 5) is 12.7. The predicted octanol–water partition coefficient (Wildman–Crippen LogP) is 5.84. The van der Waals surface area contributed by atoms with E-state index >= 15 is 0 Å². The molecule has 0 saturated carbocycles. The number of benzene rings is 2. The maximum absolute atomic E-state index is 12.7. The van der Waals surface area contributed by atoms with Crippen molar-refractivity contribution in [1.82, 2.24) is 9.88 Å². The number of aryl methyl sites for hydroxylation is 1. The van der Waals surface area contributed by atoms with E-state index in [0.717, 1.165) is 33.8 Å². The zero-order valence-corrected chi connectivity index (χ0v) is 18.3. The lowest BCUT2D eigenvalue weighted by molar-refractivity contribution is -0.117. The molecule has 0 radical (unpaired) electrons. The molecule has 152 valence electrons. The predicted molar refractivity (Wildman–Crippen MR) is 122 cm³/mol. The molecule has 3 rings (SSSR count). The first kappa shape index (κ1) is 21.4. The van der Waals surface area contributed by atoms with Gasteiger partial charge in [-0.15, -0.1) is 0 Å². The number of halogens is 1. The van der Waals surface area contributed by atoms with E-state index in [9.17, 15) is 10.1 Å². The smallest absolute Gasteiger partial charge is 0.262 e. The number of nitrogens with one attached hydrogen (secondary N) is 1. The maximum Gasteiger partial charge on any atom is 0.262 e. The van der Waals surface area contributed by atoms with Gasteiger partial charge in [0.05, 0.1) is 6.04 Å². The van der Waals surface area contributed by atoms with Crippen LogP contribution in [0.1, 0.15) is 41.0 Å². The van der Waals surface area contributed by atoms with Crippen molar-refractivity contribution in [3.63, 3.8) is 0 Å². The van der Waals surface area contributed by atoms with Gasteiger partial charge in [-0.1, -0.05) is 48.0 Å². The third kappa shape index (κ3) is 4.32.